The molecule has 1 aromatic rings. The number of amides is 2. The van der Waals surface area contributed by atoms with Crippen LogP contribution in [0.3, 0.4) is 0 Å². The van der Waals surface area contributed by atoms with Crippen LogP contribution < -0.4 is 9.47 Å². The molecule has 3 rings (SSSR count). The molecule has 2 fully saturated rings. The van der Waals surface area contributed by atoms with E-state index in [2.05, 4.69) is 4.74 Å². The summed E-state index contributed by atoms with van der Waals surface area (Å²) in [6.07, 6.45) is 1.22. The summed E-state index contributed by atoms with van der Waals surface area (Å²) in [5.74, 6) is -0.261. The summed E-state index contributed by atoms with van der Waals surface area (Å²) in [6, 6.07) is 4.14. The smallest absolute Gasteiger partial charge is 0.387 e. The second-order valence-electron chi connectivity index (χ2n) is 7.81. The normalized spacial score (nSPS) is 22.9. The molecule has 0 bridgehead atoms. The van der Waals surface area contributed by atoms with Gasteiger partial charge in [0, 0.05) is 37.7 Å². The molecule has 2 heterocycles. The predicted octanol–water partition coefficient (Wildman–Crippen LogP) is 2.78. The summed E-state index contributed by atoms with van der Waals surface area (Å²) >= 11 is 0. The number of nitrogens with zero attached hydrogens (tertiary/aromatic N) is 2. The minimum Gasteiger partial charge on any atom is -0.493 e. The zero-order valence-corrected chi connectivity index (χ0v) is 17.5. The van der Waals surface area contributed by atoms with Crippen LogP contribution in [-0.4, -0.2) is 73.7 Å². The Balaban J connectivity index is 1.59. The van der Waals surface area contributed by atoms with E-state index in [9.17, 15) is 18.4 Å². The van der Waals surface area contributed by atoms with E-state index in [1.165, 1.54) is 25.3 Å². The average molecular weight is 426 g/mol. The van der Waals surface area contributed by atoms with Gasteiger partial charge >= 0.3 is 6.61 Å². The minimum atomic E-state index is -2.98. The Kier molecular flexibility index (Phi) is 7.12. The van der Waals surface area contributed by atoms with E-state index in [1.54, 1.807) is 4.90 Å². The van der Waals surface area contributed by atoms with Gasteiger partial charge in [-0.2, -0.15) is 8.78 Å². The molecule has 2 saturated heterocycles. The van der Waals surface area contributed by atoms with Crippen molar-refractivity contribution in [1.29, 1.82) is 0 Å². The number of carbonyl (C=O) groups is 2. The molecular formula is C21H28F2N2O5. The molecule has 2 aliphatic heterocycles. The monoisotopic (exact) mass is 426 g/mol. The summed E-state index contributed by atoms with van der Waals surface area (Å²) in [6.45, 7) is 3.05. The van der Waals surface area contributed by atoms with Gasteiger partial charge in [0.25, 0.3) is 5.91 Å². The molecule has 2 unspecified atom stereocenters. The first-order valence-electron chi connectivity index (χ1n) is 10.1. The molecule has 7 nitrogen and oxygen atoms in total. The maximum absolute atomic E-state index is 12.9. The SMILES string of the molecule is COc1cc(C(=O)N2CCC(C(=O)N3CC(C)OC(C)C3)CC2)ccc1OC(F)F. The highest BCUT2D eigenvalue weighted by molar-refractivity contribution is 5.95. The first kappa shape index (κ1) is 22.3. The molecule has 30 heavy (non-hydrogen) atoms. The van der Waals surface area contributed by atoms with Crippen molar-refractivity contribution in [2.24, 2.45) is 5.92 Å². The van der Waals surface area contributed by atoms with Crippen molar-refractivity contribution in [3.8, 4) is 11.5 Å². The van der Waals surface area contributed by atoms with Crippen LogP contribution in [0.5, 0.6) is 11.5 Å². The summed E-state index contributed by atoms with van der Waals surface area (Å²) in [5, 5.41) is 0. The van der Waals surface area contributed by atoms with E-state index in [-0.39, 0.29) is 41.4 Å². The maximum atomic E-state index is 12.9. The highest BCUT2D eigenvalue weighted by atomic mass is 19.3. The van der Waals surface area contributed by atoms with Crippen LogP contribution in [-0.2, 0) is 9.53 Å². The Labute approximate surface area is 174 Å². The molecule has 0 aliphatic carbocycles. The fraction of sp³-hybridized carbons (Fsp3) is 0.619. The predicted molar refractivity (Wildman–Crippen MR) is 105 cm³/mol. The third-order valence-corrected chi connectivity index (χ3v) is 5.49. The van der Waals surface area contributed by atoms with Crippen LogP contribution in [0.4, 0.5) is 8.78 Å². The van der Waals surface area contributed by atoms with Gasteiger partial charge < -0.3 is 24.0 Å². The summed E-state index contributed by atoms with van der Waals surface area (Å²) in [7, 11) is 1.33. The summed E-state index contributed by atoms with van der Waals surface area (Å²) < 4.78 is 40.1. The van der Waals surface area contributed by atoms with E-state index in [4.69, 9.17) is 9.47 Å². The van der Waals surface area contributed by atoms with Crippen molar-refractivity contribution >= 4 is 11.8 Å². The molecule has 2 aliphatic rings. The molecule has 1 aromatic carbocycles. The van der Waals surface area contributed by atoms with Gasteiger partial charge in [-0.15, -0.1) is 0 Å². The Bertz CT molecular complexity index is 758. The molecule has 0 saturated carbocycles. The number of ether oxygens (including phenoxy) is 3. The van der Waals surface area contributed by atoms with E-state index in [0.717, 1.165) is 0 Å². The standard InChI is InChI=1S/C21H28F2N2O5/c1-13-11-25(12-14(2)29-13)19(26)15-6-8-24(9-7-15)20(27)16-4-5-17(30-21(22)23)18(10-16)28-3/h4-5,10,13-15,21H,6-9,11-12H2,1-3H3. The van der Waals surface area contributed by atoms with Crippen molar-refractivity contribution in [2.45, 2.75) is 45.5 Å². The molecule has 0 spiro atoms. The lowest BCUT2D eigenvalue weighted by atomic mass is 9.94. The maximum Gasteiger partial charge on any atom is 0.387 e. The van der Waals surface area contributed by atoms with Gasteiger partial charge in [0.15, 0.2) is 11.5 Å². The first-order chi connectivity index (χ1) is 14.3. The van der Waals surface area contributed by atoms with Gasteiger partial charge in [-0.3, -0.25) is 9.59 Å². The second-order valence-corrected chi connectivity index (χ2v) is 7.81. The fourth-order valence-electron chi connectivity index (χ4n) is 4.12. The average Bonchev–Trinajstić information content (AvgIpc) is 2.72. The lowest BCUT2D eigenvalue weighted by molar-refractivity contribution is -0.148. The third-order valence-electron chi connectivity index (χ3n) is 5.49. The topological polar surface area (TPSA) is 68.3 Å². The van der Waals surface area contributed by atoms with Gasteiger partial charge in [-0.1, -0.05) is 0 Å². The van der Waals surface area contributed by atoms with E-state index >= 15 is 0 Å². The number of hydrogen-bond donors (Lipinski definition) is 0. The van der Waals surface area contributed by atoms with Crippen LogP contribution in [0.1, 0.15) is 37.0 Å². The quantitative estimate of drug-likeness (QED) is 0.724. The van der Waals surface area contributed by atoms with Gasteiger partial charge in [0.1, 0.15) is 0 Å². The number of piperidine rings is 1. The van der Waals surface area contributed by atoms with Gasteiger partial charge in [-0.25, -0.2) is 0 Å². The van der Waals surface area contributed by atoms with Gasteiger partial charge in [0.05, 0.1) is 19.3 Å². The van der Waals surface area contributed by atoms with E-state index in [0.29, 0.717) is 44.6 Å². The minimum absolute atomic E-state index is 0.0198. The number of likely N-dealkylation sites (tertiary alicyclic amines) is 1. The van der Waals surface area contributed by atoms with Crippen molar-refractivity contribution in [1.82, 2.24) is 9.80 Å². The number of benzene rings is 1. The zero-order chi connectivity index (χ0) is 21.8. The largest absolute Gasteiger partial charge is 0.493 e. The molecule has 9 heteroatoms. The van der Waals surface area contributed by atoms with Gasteiger partial charge in [-0.05, 0) is 44.9 Å². The number of halogens is 2. The second kappa shape index (κ2) is 9.59. The molecule has 0 radical (unpaired) electrons. The number of alkyl halides is 2. The highest BCUT2D eigenvalue weighted by Crippen LogP contribution is 2.30. The summed E-state index contributed by atoms with van der Waals surface area (Å²) in [4.78, 5) is 29.3. The molecule has 2 atom stereocenters. The third kappa shape index (κ3) is 5.19. The summed E-state index contributed by atoms with van der Waals surface area (Å²) in [5.41, 5.74) is 0.328. The van der Waals surface area contributed by atoms with Gasteiger partial charge in [0.2, 0.25) is 5.91 Å². The molecule has 166 valence electrons. The molecule has 2 amide bonds. The lowest BCUT2D eigenvalue weighted by Gasteiger charge is -2.39. The number of rotatable bonds is 5. The van der Waals surface area contributed by atoms with Crippen LogP contribution in [0.15, 0.2) is 18.2 Å². The Hall–Kier alpha value is -2.42. The van der Waals surface area contributed by atoms with Crippen LogP contribution >= 0.6 is 0 Å². The lowest BCUT2D eigenvalue weighted by Crippen LogP contribution is -2.51. The number of carbonyl (C=O) groups excluding carboxylic acids is 2. The Morgan fingerprint density at radius 3 is 2.27 bits per heavy atom. The van der Waals surface area contributed by atoms with Crippen molar-refractivity contribution in [2.75, 3.05) is 33.3 Å². The molecule has 0 aromatic heterocycles. The van der Waals surface area contributed by atoms with Crippen LogP contribution in [0.25, 0.3) is 0 Å². The van der Waals surface area contributed by atoms with Crippen LogP contribution in [0, 0.1) is 5.92 Å². The van der Waals surface area contributed by atoms with Crippen molar-refractivity contribution in [3.63, 3.8) is 0 Å². The Morgan fingerprint density at radius 1 is 1.07 bits per heavy atom. The van der Waals surface area contributed by atoms with Crippen LogP contribution in [0.2, 0.25) is 0 Å². The Morgan fingerprint density at radius 2 is 1.70 bits per heavy atom. The van der Waals surface area contributed by atoms with Crippen molar-refractivity contribution in [3.05, 3.63) is 23.8 Å². The molecule has 0 N–H and O–H groups in total. The molecular weight excluding hydrogens is 398 g/mol. The zero-order valence-electron chi connectivity index (χ0n) is 17.5. The van der Waals surface area contributed by atoms with E-state index < -0.39 is 6.61 Å². The number of morpholine rings is 1. The van der Waals surface area contributed by atoms with Crippen molar-refractivity contribution < 1.29 is 32.6 Å². The number of methoxy groups -OCH3 is 1. The van der Waals surface area contributed by atoms with E-state index in [1.807, 2.05) is 18.7 Å². The first-order valence-corrected chi connectivity index (χ1v) is 10.1. The highest BCUT2D eigenvalue weighted by Gasteiger charge is 2.33. The fourth-order valence-corrected chi connectivity index (χ4v) is 4.12. The number of hydrogen-bond acceptors (Lipinski definition) is 5.